The number of nitrogens with zero attached hydrogens (tertiary/aromatic N) is 1. The number of benzene rings is 1. The summed E-state index contributed by atoms with van der Waals surface area (Å²) in [5.74, 6) is -0.566. The molecule has 1 amide bonds. The Balaban J connectivity index is 2.44. The number of hydrogen-bond donors (Lipinski definition) is 1. The second-order valence-corrected chi connectivity index (χ2v) is 5.90. The number of carbonyl (C=O) groups excluding carboxylic acids is 1. The van der Waals surface area contributed by atoms with Gasteiger partial charge in [-0.25, -0.2) is 4.79 Å². The second-order valence-electron chi connectivity index (χ2n) is 4.85. The number of carbonyl (C=O) groups is 2. The van der Waals surface area contributed by atoms with Gasteiger partial charge in [-0.1, -0.05) is 0 Å². The van der Waals surface area contributed by atoms with Gasteiger partial charge in [-0.15, -0.1) is 11.3 Å². The van der Waals surface area contributed by atoms with Gasteiger partial charge in [0.15, 0.2) is 0 Å². The molecule has 1 N–H and O–H groups in total. The summed E-state index contributed by atoms with van der Waals surface area (Å²) in [7, 11) is 3.10. The van der Waals surface area contributed by atoms with Crippen LogP contribution in [0, 0.1) is 6.92 Å². The number of hydrogen-bond acceptors (Lipinski definition) is 4. The van der Waals surface area contributed by atoms with Crippen LogP contribution in [0.1, 0.15) is 22.2 Å². The van der Waals surface area contributed by atoms with Crippen LogP contribution < -0.4 is 4.74 Å². The molecule has 0 saturated heterocycles. The summed E-state index contributed by atoms with van der Waals surface area (Å²) in [4.78, 5) is 25.3. The topological polar surface area (TPSA) is 66.8 Å². The zero-order valence-corrected chi connectivity index (χ0v) is 13.2. The van der Waals surface area contributed by atoms with E-state index in [1.54, 1.807) is 7.11 Å². The molecule has 0 aliphatic carbocycles. The van der Waals surface area contributed by atoms with Crippen molar-refractivity contribution in [3.8, 4) is 5.75 Å². The number of fused-ring (bicyclic) bond motifs is 1. The summed E-state index contributed by atoms with van der Waals surface area (Å²) >= 11 is 1.37. The molecule has 0 aliphatic heterocycles. The number of methoxy groups -OCH3 is 1. The van der Waals surface area contributed by atoms with E-state index >= 15 is 0 Å². The maximum atomic E-state index is 12.5. The van der Waals surface area contributed by atoms with Gasteiger partial charge in [0.05, 0.1) is 12.0 Å². The van der Waals surface area contributed by atoms with Crippen LogP contribution >= 0.6 is 11.3 Å². The molecule has 6 heteroatoms. The van der Waals surface area contributed by atoms with E-state index in [1.807, 2.05) is 25.1 Å². The fourth-order valence-corrected chi connectivity index (χ4v) is 3.21. The fourth-order valence-electron chi connectivity index (χ4n) is 2.03. The average Bonchev–Trinajstić information content (AvgIpc) is 2.81. The first kappa shape index (κ1) is 15.3. The second kappa shape index (κ2) is 5.73. The molecule has 0 saturated carbocycles. The van der Waals surface area contributed by atoms with E-state index in [0.29, 0.717) is 4.88 Å². The molecule has 2 aromatic rings. The highest BCUT2D eigenvalue weighted by Crippen LogP contribution is 2.34. The number of likely N-dealkylation sites (N-methyl/N-ethyl adjacent to an activating group) is 1. The molecule has 0 spiro atoms. The van der Waals surface area contributed by atoms with Crippen LogP contribution in [0.25, 0.3) is 10.1 Å². The van der Waals surface area contributed by atoms with Crippen molar-refractivity contribution in [2.45, 2.75) is 19.9 Å². The Bertz CT molecular complexity index is 707. The van der Waals surface area contributed by atoms with Crippen molar-refractivity contribution in [2.75, 3.05) is 14.2 Å². The largest absolute Gasteiger partial charge is 0.497 e. The quantitative estimate of drug-likeness (QED) is 0.943. The zero-order valence-electron chi connectivity index (χ0n) is 12.3. The minimum Gasteiger partial charge on any atom is -0.497 e. The molecular formula is C15H17NO4S. The predicted molar refractivity (Wildman–Crippen MR) is 82.3 cm³/mol. The number of carboxylic acid groups (broad SMARTS) is 1. The van der Waals surface area contributed by atoms with E-state index in [4.69, 9.17) is 9.84 Å². The number of ether oxygens (including phenoxy) is 1. The summed E-state index contributed by atoms with van der Waals surface area (Å²) in [6.45, 7) is 3.36. The van der Waals surface area contributed by atoms with Gasteiger partial charge in [0.25, 0.3) is 5.91 Å². The standard InChI is InChI=1S/C15H17NO4S/c1-8-11-7-10(20-4)5-6-12(11)21-13(8)14(17)16(3)9(2)15(18)19/h5-7,9H,1-4H3,(H,18,19). The minimum atomic E-state index is -1.02. The molecule has 0 radical (unpaired) electrons. The maximum Gasteiger partial charge on any atom is 0.326 e. The van der Waals surface area contributed by atoms with Crippen LogP contribution in [-0.4, -0.2) is 42.1 Å². The lowest BCUT2D eigenvalue weighted by molar-refractivity contribution is -0.141. The third-order valence-corrected chi connectivity index (χ3v) is 4.86. The van der Waals surface area contributed by atoms with Gasteiger partial charge in [0.2, 0.25) is 0 Å². The molecule has 2 rings (SSSR count). The Labute approximate surface area is 126 Å². The molecule has 0 aliphatic rings. The van der Waals surface area contributed by atoms with Gasteiger partial charge >= 0.3 is 5.97 Å². The number of thiophene rings is 1. The SMILES string of the molecule is COc1ccc2sc(C(=O)N(C)C(C)C(=O)O)c(C)c2c1. The average molecular weight is 307 g/mol. The van der Waals surface area contributed by atoms with Gasteiger partial charge in [0.1, 0.15) is 11.8 Å². The highest BCUT2D eigenvalue weighted by Gasteiger charge is 2.25. The number of amides is 1. The summed E-state index contributed by atoms with van der Waals surface area (Å²) in [5.41, 5.74) is 0.850. The van der Waals surface area contributed by atoms with Crippen molar-refractivity contribution >= 4 is 33.3 Å². The highest BCUT2D eigenvalue weighted by atomic mass is 32.1. The van der Waals surface area contributed by atoms with Crippen LogP contribution in [0.5, 0.6) is 5.75 Å². The molecule has 1 heterocycles. The Hall–Kier alpha value is -2.08. The summed E-state index contributed by atoms with van der Waals surface area (Å²) < 4.78 is 6.18. The lowest BCUT2D eigenvalue weighted by atomic mass is 10.1. The lowest BCUT2D eigenvalue weighted by Gasteiger charge is -2.21. The van der Waals surface area contributed by atoms with E-state index < -0.39 is 12.0 Å². The Kier molecular flexibility index (Phi) is 4.18. The summed E-state index contributed by atoms with van der Waals surface area (Å²) in [5, 5.41) is 9.98. The first-order chi connectivity index (χ1) is 9.86. The minimum absolute atomic E-state index is 0.275. The van der Waals surface area contributed by atoms with Crippen molar-refractivity contribution in [3.63, 3.8) is 0 Å². The monoisotopic (exact) mass is 307 g/mol. The van der Waals surface area contributed by atoms with Gasteiger partial charge in [-0.2, -0.15) is 0 Å². The third-order valence-electron chi connectivity index (χ3n) is 3.60. The molecule has 1 aromatic carbocycles. The fraction of sp³-hybridized carbons (Fsp3) is 0.333. The first-order valence-electron chi connectivity index (χ1n) is 6.44. The Morgan fingerprint density at radius 2 is 2.05 bits per heavy atom. The molecule has 0 fully saturated rings. The maximum absolute atomic E-state index is 12.5. The van der Waals surface area contributed by atoms with Gasteiger partial charge in [-0.05, 0) is 43.0 Å². The van der Waals surface area contributed by atoms with E-state index in [9.17, 15) is 9.59 Å². The normalized spacial score (nSPS) is 12.2. The highest BCUT2D eigenvalue weighted by molar-refractivity contribution is 7.21. The van der Waals surface area contributed by atoms with Crippen molar-refractivity contribution in [1.82, 2.24) is 4.90 Å². The van der Waals surface area contributed by atoms with Gasteiger partial charge in [0, 0.05) is 11.7 Å². The van der Waals surface area contributed by atoms with E-state index in [2.05, 4.69) is 0 Å². The van der Waals surface area contributed by atoms with Crippen LogP contribution in [0.4, 0.5) is 0 Å². The molecule has 21 heavy (non-hydrogen) atoms. The smallest absolute Gasteiger partial charge is 0.326 e. The Morgan fingerprint density at radius 3 is 2.62 bits per heavy atom. The summed E-state index contributed by atoms with van der Waals surface area (Å²) in [6, 6.07) is 4.77. The number of rotatable bonds is 4. The number of carboxylic acids is 1. The van der Waals surface area contributed by atoms with Gasteiger partial charge in [-0.3, -0.25) is 4.79 Å². The van der Waals surface area contributed by atoms with Crippen LogP contribution in [-0.2, 0) is 4.79 Å². The summed E-state index contributed by atoms with van der Waals surface area (Å²) in [6.07, 6.45) is 0. The predicted octanol–water partition coefficient (Wildman–Crippen LogP) is 2.76. The van der Waals surface area contributed by atoms with Crippen molar-refractivity contribution in [3.05, 3.63) is 28.6 Å². The zero-order chi connectivity index (χ0) is 15.7. The lowest BCUT2D eigenvalue weighted by Crippen LogP contribution is -2.40. The van der Waals surface area contributed by atoms with Crippen molar-refractivity contribution < 1.29 is 19.4 Å². The molecular weight excluding hydrogens is 290 g/mol. The number of aryl methyl sites for hydroxylation is 1. The molecule has 1 aromatic heterocycles. The molecule has 0 bridgehead atoms. The third kappa shape index (κ3) is 2.71. The van der Waals surface area contributed by atoms with E-state index in [0.717, 1.165) is 21.4 Å². The van der Waals surface area contributed by atoms with Crippen LogP contribution in [0.3, 0.4) is 0 Å². The van der Waals surface area contributed by atoms with Crippen LogP contribution in [0.15, 0.2) is 18.2 Å². The van der Waals surface area contributed by atoms with Crippen molar-refractivity contribution in [2.24, 2.45) is 0 Å². The Morgan fingerprint density at radius 1 is 1.38 bits per heavy atom. The number of aliphatic carboxylic acids is 1. The van der Waals surface area contributed by atoms with Gasteiger partial charge < -0.3 is 14.7 Å². The molecule has 1 unspecified atom stereocenters. The van der Waals surface area contributed by atoms with E-state index in [1.165, 1.54) is 30.2 Å². The van der Waals surface area contributed by atoms with E-state index in [-0.39, 0.29) is 5.91 Å². The van der Waals surface area contributed by atoms with Crippen LogP contribution in [0.2, 0.25) is 0 Å². The first-order valence-corrected chi connectivity index (χ1v) is 7.25. The van der Waals surface area contributed by atoms with Crippen molar-refractivity contribution in [1.29, 1.82) is 0 Å². The molecule has 1 atom stereocenters. The molecule has 112 valence electrons. The molecule has 5 nitrogen and oxygen atoms in total.